The Balaban J connectivity index is 1.28. The second-order valence-corrected chi connectivity index (χ2v) is 11.3. The number of benzene rings is 4. The summed E-state index contributed by atoms with van der Waals surface area (Å²) in [6.45, 7) is 8.06. The van der Waals surface area contributed by atoms with Crippen molar-refractivity contribution < 1.29 is 14.9 Å². The summed E-state index contributed by atoms with van der Waals surface area (Å²) in [4.78, 5) is 2.54. The Morgan fingerprint density at radius 2 is 1.44 bits per heavy atom. The van der Waals surface area contributed by atoms with E-state index in [9.17, 15) is 10.2 Å². The summed E-state index contributed by atoms with van der Waals surface area (Å²) in [5, 5.41) is 20.9. The summed E-state index contributed by atoms with van der Waals surface area (Å²) in [5.41, 5.74) is 7.92. The van der Waals surface area contributed by atoms with E-state index in [0.29, 0.717) is 19.2 Å². The van der Waals surface area contributed by atoms with Crippen molar-refractivity contribution in [3.05, 3.63) is 102 Å². The Bertz CT molecular complexity index is 1620. The van der Waals surface area contributed by atoms with Gasteiger partial charge in [0.05, 0.1) is 5.69 Å². The van der Waals surface area contributed by atoms with E-state index < -0.39 is 0 Å². The highest BCUT2D eigenvalue weighted by Crippen LogP contribution is 2.37. The van der Waals surface area contributed by atoms with E-state index in [4.69, 9.17) is 4.74 Å². The molecule has 4 aromatic carbocycles. The van der Waals surface area contributed by atoms with Crippen molar-refractivity contribution in [1.29, 1.82) is 0 Å². The predicted octanol–water partition coefficient (Wildman–Crippen LogP) is 8.00. The smallest absolute Gasteiger partial charge is 0.119 e. The molecule has 0 spiro atoms. The van der Waals surface area contributed by atoms with Crippen molar-refractivity contribution >= 4 is 10.9 Å². The van der Waals surface area contributed by atoms with Crippen LogP contribution in [0.2, 0.25) is 0 Å². The van der Waals surface area contributed by atoms with E-state index in [1.54, 1.807) is 24.3 Å². The molecule has 1 unspecified atom stereocenters. The minimum Gasteiger partial charge on any atom is -0.508 e. The van der Waals surface area contributed by atoms with Gasteiger partial charge in [-0.25, -0.2) is 0 Å². The molecule has 6 rings (SSSR count). The predicted molar refractivity (Wildman–Crippen MR) is 167 cm³/mol. The summed E-state index contributed by atoms with van der Waals surface area (Å²) in [5.74, 6) is 1.43. The van der Waals surface area contributed by atoms with Gasteiger partial charge >= 0.3 is 0 Å². The summed E-state index contributed by atoms with van der Waals surface area (Å²) in [6.07, 6.45) is 3.91. The molecule has 1 saturated heterocycles. The van der Waals surface area contributed by atoms with Gasteiger partial charge in [-0.15, -0.1) is 0 Å². The molecule has 1 atom stereocenters. The third-order valence-corrected chi connectivity index (χ3v) is 8.51. The highest BCUT2D eigenvalue weighted by Gasteiger charge is 2.19. The summed E-state index contributed by atoms with van der Waals surface area (Å²) in [6, 6.07) is 30.5. The van der Waals surface area contributed by atoms with Gasteiger partial charge in [0.2, 0.25) is 0 Å². The number of likely N-dealkylation sites (tertiary alicyclic amines) is 1. The maximum atomic E-state index is 9.93. The van der Waals surface area contributed by atoms with Crippen LogP contribution in [0.4, 0.5) is 0 Å². The third-order valence-electron chi connectivity index (χ3n) is 8.51. The normalized spacial score (nSPS) is 15.8. The highest BCUT2D eigenvalue weighted by atomic mass is 16.5. The van der Waals surface area contributed by atoms with Crippen molar-refractivity contribution in [3.63, 3.8) is 0 Å². The lowest BCUT2D eigenvalue weighted by molar-refractivity contribution is 0.133. The van der Waals surface area contributed by atoms with Crippen molar-refractivity contribution in [2.45, 2.75) is 45.7 Å². The molecule has 2 heterocycles. The number of aryl methyl sites for hydroxylation is 1. The number of aromatic nitrogens is 1. The molecule has 0 bridgehead atoms. The number of hydrogen-bond acceptors (Lipinski definition) is 4. The topological polar surface area (TPSA) is 57.9 Å². The second-order valence-electron chi connectivity index (χ2n) is 11.3. The zero-order valence-corrected chi connectivity index (χ0v) is 23.9. The maximum Gasteiger partial charge on any atom is 0.119 e. The van der Waals surface area contributed by atoms with E-state index in [2.05, 4.69) is 65.8 Å². The number of nitrogens with zero attached hydrogens (tertiary/aromatic N) is 2. The van der Waals surface area contributed by atoms with Crippen LogP contribution in [0.5, 0.6) is 17.2 Å². The van der Waals surface area contributed by atoms with Crippen LogP contribution in [0.1, 0.15) is 37.3 Å². The van der Waals surface area contributed by atoms with Crippen LogP contribution in [0, 0.1) is 6.92 Å². The third kappa shape index (κ3) is 5.82. The van der Waals surface area contributed by atoms with Crippen molar-refractivity contribution in [2.24, 2.45) is 0 Å². The minimum absolute atomic E-state index is 0.258. The number of piperidine rings is 1. The lowest BCUT2D eigenvalue weighted by Crippen LogP contribution is -2.39. The fourth-order valence-corrected chi connectivity index (χ4v) is 6.16. The molecule has 1 aliphatic heterocycles. The number of ether oxygens (including phenoxy) is 1. The first-order valence-corrected chi connectivity index (χ1v) is 14.6. The molecule has 1 fully saturated rings. The SMILES string of the molecule is Cc1c(-c2ccc(O)cc2)n(Cc2ccc(OCCN3CCCCC3C)cc2)c2ccc(-c3ccc(O)cc3)cc12. The van der Waals surface area contributed by atoms with Crippen LogP contribution in [0.3, 0.4) is 0 Å². The molecule has 2 N–H and O–H groups in total. The van der Waals surface area contributed by atoms with Crippen molar-refractivity contribution in [2.75, 3.05) is 19.7 Å². The van der Waals surface area contributed by atoms with Crippen LogP contribution in [-0.2, 0) is 6.54 Å². The van der Waals surface area contributed by atoms with Crippen LogP contribution in [0.15, 0.2) is 91.0 Å². The van der Waals surface area contributed by atoms with E-state index in [1.165, 1.54) is 42.3 Å². The lowest BCUT2D eigenvalue weighted by Gasteiger charge is -2.33. The Kier molecular flexibility index (Phi) is 7.71. The maximum absolute atomic E-state index is 9.93. The fraction of sp³-hybridized carbons (Fsp3) is 0.278. The first-order chi connectivity index (χ1) is 20.0. The molecule has 210 valence electrons. The summed E-state index contributed by atoms with van der Waals surface area (Å²) >= 11 is 0. The minimum atomic E-state index is 0.258. The zero-order chi connectivity index (χ0) is 28.3. The van der Waals surface area contributed by atoms with Crippen molar-refractivity contribution in [3.8, 4) is 39.6 Å². The van der Waals surface area contributed by atoms with Gasteiger partial charge in [0.25, 0.3) is 0 Å². The number of rotatable bonds is 8. The number of phenols is 2. The number of phenolic OH excluding ortho intramolecular Hbond substituents is 2. The molecule has 0 saturated carbocycles. The van der Waals surface area contributed by atoms with Crippen LogP contribution >= 0.6 is 0 Å². The Morgan fingerprint density at radius 3 is 2.12 bits per heavy atom. The van der Waals surface area contributed by atoms with Crippen LogP contribution in [-0.4, -0.2) is 45.4 Å². The molecule has 41 heavy (non-hydrogen) atoms. The molecule has 5 heteroatoms. The molecule has 1 aliphatic rings. The Labute approximate surface area is 242 Å². The van der Waals surface area contributed by atoms with Gasteiger partial charge in [-0.2, -0.15) is 0 Å². The zero-order valence-electron chi connectivity index (χ0n) is 23.9. The van der Waals surface area contributed by atoms with Crippen LogP contribution in [0.25, 0.3) is 33.3 Å². The van der Waals surface area contributed by atoms with Crippen molar-refractivity contribution in [1.82, 2.24) is 9.47 Å². The molecule has 0 amide bonds. The molecular weight excluding hydrogens is 508 g/mol. The molecule has 0 radical (unpaired) electrons. The Hall–Kier alpha value is -4.22. The molecule has 1 aromatic heterocycles. The molecule has 5 nitrogen and oxygen atoms in total. The standard InChI is InChI=1S/C36H38N2O3/c1-25-5-3-4-20-37(25)21-22-41-33-17-6-27(7-18-33)24-38-35-19-12-30(28-8-13-31(39)14-9-28)23-34(35)26(2)36(38)29-10-15-32(40)16-11-29/h6-19,23,25,39-40H,3-5,20-22,24H2,1-2H3. The van der Waals surface area contributed by atoms with Gasteiger partial charge in [0, 0.05) is 30.0 Å². The van der Waals surface area contributed by atoms with E-state index >= 15 is 0 Å². The number of aromatic hydroxyl groups is 2. The first kappa shape index (κ1) is 27.0. The van der Waals surface area contributed by atoms with Gasteiger partial charge in [-0.05, 0) is 122 Å². The van der Waals surface area contributed by atoms with E-state index in [-0.39, 0.29) is 11.5 Å². The Morgan fingerprint density at radius 1 is 0.780 bits per heavy atom. The van der Waals surface area contributed by atoms with Crippen LogP contribution < -0.4 is 4.74 Å². The van der Waals surface area contributed by atoms with E-state index in [0.717, 1.165) is 40.2 Å². The van der Waals surface area contributed by atoms with Gasteiger partial charge < -0.3 is 19.5 Å². The first-order valence-electron chi connectivity index (χ1n) is 14.6. The largest absolute Gasteiger partial charge is 0.508 e. The van der Waals surface area contributed by atoms with Gasteiger partial charge in [0.15, 0.2) is 0 Å². The monoisotopic (exact) mass is 546 g/mol. The van der Waals surface area contributed by atoms with Gasteiger partial charge in [0.1, 0.15) is 23.9 Å². The molecule has 0 aliphatic carbocycles. The van der Waals surface area contributed by atoms with Gasteiger partial charge in [-0.1, -0.05) is 36.8 Å². The lowest BCUT2D eigenvalue weighted by atomic mass is 10.0. The average Bonchev–Trinajstić information content (AvgIpc) is 3.26. The summed E-state index contributed by atoms with van der Waals surface area (Å²) < 4.78 is 8.48. The number of fused-ring (bicyclic) bond motifs is 1. The fourth-order valence-electron chi connectivity index (χ4n) is 6.16. The molecular formula is C36H38N2O3. The van der Waals surface area contributed by atoms with Gasteiger partial charge in [-0.3, -0.25) is 4.90 Å². The average molecular weight is 547 g/mol. The second kappa shape index (κ2) is 11.7. The van der Waals surface area contributed by atoms with E-state index in [1.807, 2.05) is 24.3 Å². The quantitative estimate of drug-likeness (QED) is 0.207. The summed E-state index contributed by atoms with van der Waals surface area (Å²) in [7, 11) is 0. The molecule has 5 aromatic rings. The number of hydrogen-bond donors (Lipinski definition) is 2. The highest BCUT2D eigenvalue weighted by molar-refractivity contribution is 5.94.